The van der Waals surface area contributed by atoms with Gasteiger partial charge in [0, 0.05) is 6.04 Å². The van der Waals surface area contributed by atoms with Crippen LogP contribution in [0.15, 0.2) is 24.3 Å². The van der Waals surface area contributed by atoms with E-state index >= 15 is 0 Å². The standard InChI is InChI=1S/C16H25NO/c1-5-16(6-2)14(11-15(16)17-3)12-8-7-9-13(10-12)18-4/h7-10,14-15,17H,5-6,11H2,1-4H3. The van der Waals surface area contributed by atoms with E-state index in [1.165, 1.54) is 24.8 Å². The summed E-state index contributed by atoms with van der Waals surface area (Å²) in [6.45, 7) is 4.64. The number of ether oxygens (including phenoxy) is 1. The molecule has 1 N–H and O–H groups in total. The molecule has 0 aliphatic heterocycles. The van der Waals surface area contributed by atoms with Gasteiger partial charge in [-0.2, -0.15) is 0 Å². The van der Waals surface area contributed by atoms with E-state index in [0.717, 1.165) is 5.75 Å². The van der Waals surface area contributed by atoms with Crippen molar-refractivity contribution in [2.45, 2.75) is 45.1 Å². The highest BCUT2D eigenvalue weighted by atomic mass is 16.5. The Kier molecular flexibility index (Phi) is 3.96. The highest BCUT2D eigenvalue weighted by Gasteiger charge is 2.52. The predicted molar refractivity (Wildman–Crippen MR) is 76.2 cm³/mol. The van der Waals surface area contributed by atoms with E-state index < -0.39 is 0 Å². The van der Waals surface area contributed by atoms with E-state index in [1.54, 1.807) is 7.11 Å². The Morgan fingerprint density at radius 2 is 2.06 bits per heavy atom. The smallest absolute Gasteiger partial charge is 0.119 e. The maximum atomic E-state index is 5.35. The topological polar surface area (TPSA) is 21.3 Å². The lowest BCUT2D eigenvalue weighted by Crippen LogP contribution is -2.57. The first-order valence-corrected chi connectivity index (χ1v) is 7.03. The lowest BCUT2D eigenvalue weighted by Gasteiger charge is -2.56. The average Bonchev–Trinajstić information content (AvgIpc) is 2.40. The van der Waals surface area contributed by atoms with Crippen molar-refractivity contribution in [2.24, 2.45) is 5.41 Å². The van der Waals surface area contributed by atoms with Gasteiger partial charge >= 0.3 is 0 Å². The zero-order valence-corrected chi connectivity index (χ0v) is 12.0. The molecule has 2 atom stereocenters. The molecule has 2 nitrogen and oxygen atoms in total. The van der Waals surface area contributed by atoms with Gasteiger partial charge in [-0.25, -0.2) is 0 Å². The molecule has 0 saturated heterocycles. The van der Waals surface area contributed by atoms with Crippen molar-refractivity contribution in [2.75, 3.05) is 14.2 Å². The molecule has 2 rings (SSSR count). The number of benzene rings is 1. The van der Waals surface area contributed by atoms with E-state index in [4.69, 9.17) is 4.74 Å². The molecule has 18 heavy (non-hydrogen) atoms. The van der Waals surface area contributed by atoms with Crippen LogP contribution in [-0.4, -0.2) is 20.2 Å². The van der Waals surface area contributed by atoms with Crippen molar-refractivity contribution in [3.05, 3.63) is 29.8 Å². The Morgan fingerprint density at radius 3 is 2.61 bits per heavy atom. The fraction of sp³-hybridized carbons (Fsp3) is 0.625. The van der Waals surface area contributed by atoms with Gasteiger partial charge in [-0.15, -0.1) is 0 Å². The first kappa shape index (κ1) is 13.4. The SMILES string of the molecule is CCC1(CC)C(NC)CC1c1cccc(OC)c1. The molecule has 0 aromatic heterocycles. The number of hydrogen-bond donors (Lipinski definition) is 1. The van der Waals surface area contributed by atoms with Crippen LogP contribution < -0.4 is 10.1 Å². The van der Waals surface area contributed by atoms with Crippen LogP contribution in [0.1, 0.15) is 44.6 Å². The van der Waals surface area contributed by atoms with E-state index in [1.807, 2.05) is 6.07 Å². The van der Waals surface area contributed by atoms with Crippen LogP contribution in [0, 0.1) is 5.41 Å². The number of nitrogens with one attached hydrogen (secondary N) is 1. The molecule has 0 heterocycles. The van der Waals surface area contributed by atoms with E-state index in [-0.39, 0.29) is 0 Å². The van der Waals surface area contributed by atoms with Crippen LogP contribution in [0.25, 0.3) is 0 Å². The minimum Gasteiger partial charge on any atom is -0.497 e. The van der Waals surface area contributed by atoms with Crippen LogP contribution in [0.2, 0.25) is 0 Å². The summed E-state index contributed by atoms with van der Waals surface area (Å²) in [6, 6.07) is 9.24. The van der Waals surface area contributed by atoms with Gasteiger partial charge in [-0.3, -0.25) is 0 Å². The van der Waals surface area contributed by atoms with Gasteiger partial charge < -0.3 is 10.1 Å². The van der Waals surface area contributed by atoms with E-state index in [2.05, 4.69) is 44.4 Å². The van der Waals surface area contributed by atoms with Crippen molar-refractivity contribution in [1.29, 1.82) is 0 Å². The summed E-state index contributed by atoms with van der Waals surface area (Å²) in [4.78, 5) is 0. The molecule has 100 valence electrons. The monoisotopic (exact) mass is 247 g/mol. The Balaban J connectivity index is 2.28. The van der Waals surface area contributed by atoms with E-state index in [9.17, 15) is 0 Å². The summed E-state index contributed by atoms with van der Waals surface area (Å²) in [5.41, 5.74) is 1.85. The maximum Gasteiger partial charge on any atom is 0.119 e. The van der Waals surface area contributed by atoms with Gasteiger partial charge in [0.15, 0.2) is 0 Å². The molecule has 0 spiro atoms. The van der Waals surface area contributed by atoms with E-state index in [0.29, 0.717) is 17.4 Å². The van der Waals surface area contributed by atoms with Crippen LogP contribution in [-0.2, 0) is 0 Å². The lowest BCUT2D eigenvalue weighted by molar-refractivity contribution is 0.0245. The molecule has 1 aliphatic rings. The molecule has 2 unspecified atom stereocenters. The molecule has 1 aromatic carbocycles. The fourth-order valence-corrected chi connectivity index (χ4v) is 3.75. The second kappa shape index (κ2) is 5.31. The molecule has 1 fully saturated rings. The molecule has 0 amide bonds. The third kappa shape index (κ3) is 1.93. The average molecular weight is 247 g/mol. The number of methoxy groups -OCH3 is 1. The minimum absolute atomic E-state index is 0.418. The zero-order valence-electron chi connectivity index (χ0n) is 12.0. The third-order valence-electron chi connectivity index (χ3n) is 5.02. The van der Waals surface area contributed by atoms with Gasteiger partial charge in [-0.1, -0.05) is 26.0 Å². The maximum absolute atomic E-state index is 5.35. The summed E-state index contributed by atoms with van der Waals surface area (Å²) >= 11 is 0. The Morgan fingerprint density at radius 1 is 1.33 bits per heavy atom. The molecule has 0 bridgehead atoms. The van der Waals surface area contributed by atoms with Gasteiger partial charge in [-0.05, 0) is 55.3 Å². The molecule has 1 aromatic rings. The van der Waals surface area contributed by atoms with Crippen molar-refractivity contribution in [3.63, 3.8) is 0 Å². The summed E-state index contributed by atoms with van der Waals surface area (Å²) < 4.78 is 5.35. The van der Waals surface area contributed by atoms with Crippen molar-refractivity contribution in [1.82, 2.24) is 5.32 Å². The molecule has 1 aliphatic carbocycles. The first-order chi connectivity index (χ1) is 8.71. The van der Waals surface area contributed by atoms with Crippen LogP contribution in [0.4, 0.5) is 0 Å². The lowest BCUT2D eigenvalue weighted by atomic mass is 9.52. The van der Waals surface area contributed by atoms with Gasteiger partial charge in [0.1, 0.15) is 5.75 Å². The van der Waals surface area contributed by atoms with Gasteiger partial charge in [0.2, 0.25) is 0 Å². The van der Waals surface area contributed by atoms with Crippen molar-refractivity contribution >= 4 is 0 Å². The quantitative estimate of drug-likeness (QED) is 0.858. The molecular formula is C16H25NO. The summed E-state index contributed by atoms with van der Waals surface area (Å²) in [7, 11) is 3.83. The third-order valence-corrected chi connectivity index (χ3v) is 5.02. The predicted octanol–water partition coefficient (Wildman–Crippen LogP) is 3.58. The largest absolute Gasteiger partial charge is 0.497 e. The van der Waals surface area contributed by atoms with Crippen LogP contribution >= 0.6 is 0 Å². The fourth-order valence-electron chi connectivity index (χ4n) is 3.75. The molecule has 1 saturated carbocycles. The second-order valence-electron chi connectivity index (χ2n) is 5.35. The molecular weight excluding hydrogens is 222 g/mol. The van der Waals surface area contributed by atoms with Crippen molar-refractivity contribution in [3.8, 4) is 5.75 Å². The Bertz CT molecular complexity index is 398. The highest BCUT2D eigenvalue weighted by Crippen LogP contribution is 2.57. The van der Waals surface area contributed by atoms with Gasteiger partial charge in [0.25, 0.3) is 0 Å². The second-order valence-corrected chi connectivity index (χ2v) is 5.35. The molecule has 0 radical (unpaired) electrons. The van der Waals surface area contributed by atoms with Crippen LogP contribution in [0.5, 0.6) is 5.75 Å². The summed E-state index contributed by atoms with van der Waals surface area (Å²) in [6.07, 6.45) is 3.71. The van der Waals surface area contributed by atoms with Crippen molar-refractivity contribution < 1.29 is 4.74 Å². The summed E-state index contributed by atoms with van der Waals surface area (Å²) in [5.74, 6) is 1.64. The Hall–Kier alpha value is -1.02. The normalized spacial score (nSPS) is 25.6. The zero-order chi connectivity index (χ0) is 13.2. The first-order valence-electron chi connectivity index (χ1n) is 7.03. The summed E-state index contributed by atoms with van der Waals surface area (Å²) in [5, 5.41) is 3.49. The minimum atomic E-state index is 0.418. The number of hydrogen-bond acceptors (Lipinski definition) is 2. The van der Waals surface area contributed by atoms with Gasteiger partial charge in [0.05, 0.1) is 7.11 Å². The highest BCUT2D eigenvalue weighted by molar-refractivity contribution is 5.35. The molecule has 2 heteroatoms. The number of rotatable bonds is 5. The van der Waals surface area contributed by atoms with Crippen LogP contribution in [0.3, 0.4) is 0 Å². The Labute approximate surface area is 111 Å².